The minimum absolute atomic E-state index is 0.0569. The zero-order chi connectivity index (χ0) is 20.2. The molecule has 2 aromatic heterocycles. The molecule has 1 aliphatic heterocycles. The minimum Gasteiger partial charge on any atom is -0.363 e. The summed E-state index contributed by atoms with van der Waals surface area (Å²) in [6.07, 6.45) is 6.82. The lowest BCUT2D eigenvalue weighted by Crippen LogP contribution is -2.44. The van der Waals surface area contributed by atoms with Crippen LogP contribution < -0.4 is 4.90 Å². The molecule has 1 amide bonds. The van der Waals surface area contributed by atoms with Crippen LogP contribution in [0.5, 0.6) is 0 Å². The number of hydrogen-bond acceptors (Lipinski definition) is 4. The molecule has 1 fully saturated rings. The molecule has 150 valence electrons. The van der Waals surface area contributed by atoms with Crippen molar-refractivity contribution in [1.29, 1.82) is 0 Å². The van der Waals surface area contributed by atoms with Gasteiger partial charge < -0.3 is 9.80 Å². The quantitative estimate of drug-likeness (QED) is 0.653. The molecule has 0 aliphatic carbocycles. The topological polar surface area (TPSA) is 49.3 Å². The Hall–Kier alpha value is -2.95. The van der Waals surface area contributed by atoms with E-state index in [0.29, 0.717) is 5.69 Å². The molecule has 3 heterocycles. The summed E-state index contributed by atoms with van der Waals surface area (Å²) in [5.74, 6) is 1.03. The van der Waals surface area contributed by atoms with Gasteiger partial charge in [-0.3, -0.25) is 9.78 Å². The van der Waals surface area contributed by atoms with Crippen LogP contribution in [0.4, 0.5) is 5.82 Å². The molecule has 5 heteroatoms. The molecular weight excluding hydrogens is 360 g/mol. The van der Waals surface area contributed by atoms with E-state index in [0.717, 1.165) is 54.5 Å². The van der Waals surface area contributed by atoms with Crippen LogP contribution in [0.2, 0.25) is 0 Å². The lowest BCUT2D eigenvalue weighted by Gasteiger charge is -2.36. The number of likely N-dealkylation sites (tertiary alicyclic amines) is 1. The number of aryl methyl sites for hydroxylation is 1. The van der Waals surface area contributed by atoms with Crippen molar-refractivity contribution < 1.29 is 4.79 Å². The molecule has 4 rings (SSSR count). The van der Waals surface area contributed by atoms with Crippen molar-refractivity contribution >= 4 is 22.5 Å². The van der Waals surface area contributed by atoms with Crippen LogP contribution in [0.15, 0.2) is 54.7 Å². The Morgan fingerprint density at radius 3 is 2.83 bits per heavy atom. The van der Waals surface area contributed by atoms with Crippen LogP contribution in [0.1, 0.15) is 41.9 Å². The number of aromatic nitrogens is 2. The fraction of sp³-hybridized carbons (Fsp3) is 0.375. The summed E-state index contributed by atoms with van der Waals surface area (Å²) in [7, 11) is 4.01. The van der Waals surface area contributed by atoms with Gasteiger partial charge in [-0.2, -0.15) is 0 Å². The number of rotatable bonds is 5. The fourth-order valence-electron chi connectivity index (χ4n) is 4.16. The maximum Gasteiger partial charge on any atom is 0.273 e. The van der Waals surface area contributed by atoms with Crippen LogP contribution in [0, 0.1) is 0 Å². The predicted octanol–water partition coefficient (Wildman–Crippen LogP) is 4.32. The Bertz CT molecular complexity index is 996. The molecular formula is C24H28N4O. The van der Waals surface area contributed by atoms with Crippen molar-refractivity contribution in [1.82, 2.24) is 14.9 Å². The molecule has 1 aromatic carbocycles. The van der Waals surface area contributed by atoms with Gasteiger partial charge in [-0.15, -0.1) is 0 Å². The Balaban J connectivity index is 1.53. The molecule has 0 radical (unpaired) electrons. The fourth-order valence-corrected chi connectivity index (χ4v) is 4.16. The largest absolute Gasteiger partial charge is 0.363 e. The standard InChI is InChI=1S/C24H28N4O/c1-27(2)22-12-7-9-19(26-22)13-14-20-10-5-6-17-28(20)24(29)23-21-11-4-3-8-18(21)15-16-25-23/h3-4,7-9,11-12,15-16,20H,5-6,10,13-14,17H2,1-2H3/t20-/m0/s1. The second-order valence-corrected chi connectivity index (χ2v) is 7.95. The summed E-state index contributed by atoms with van der Waals surface area (Å²) in [5.41, 5.74) is 1.65. The highest BCUT2D eigenvalue weighted by atomic mass is 16.2. The van der Waals surface area contributed by atoms with E-state index in [9.17, 15) is 4.79 Å². The van der Waals surface area contributed by atoms with E-state index in [4.69, 9.17) is 4.98 Å². The number of nitrogens with zero attached hydrogens (tertiary/aromatic N) is 4. The van der Waals surface area contributed by atoms with Gasteiger partial charge >= 0.3 is 0 Å². The molecule has 1 atom stereocenters. The summed E-state index contributed by atoms with van der Waals surface area (Å²) in [4.78, 5) is 26.7. The third-order valence-electron chi connectivity index (χ3n) is 5.75. The van der Waals surface area contributed by atoms with Crippen LogP contribution in [-0.4, -0.2) is 47.5 Å². The summed E-state index contributed by atoms with van der Waals surface area (Å²) in [5, 5.41) is 1.99. The number of pyridine rings is 2. The summed E-state index contributed by atoms with van der Waals surface area (Å²) in [6.45, 7) is 0.805. The van der Waals surface area contributed by atoms with Crippen molar-refractivity contribution in [2.45, 2.75) is 38.1 Å². The Morgan fingerprint density at radius 1 is 1.10 bits per heavy atom. The highest BCUT2D eigenvalue weighted by molar-refractivity contribution is 6.05. The second kappa shape index (κ2) is 8.60. The van der Waals surface area contributed by atoms with Gasteiger partial charge in [0.05, 0.1) is 0 Å². The number of amides is 1. The average molecular weight is 389 g/mol. The number of anilines is 1. The van der Waals surface area contributed by atoms with E-state index < -0.39 is 0 Å². The van der Waals surface area contributed by atoms with Crippen LogP contribution in [-0.2, 0) is 6.42 Å². The molecule has 1 saturated heterocycles. The molecule has 0 spiro atoms. The van der Waals surface area contributed by atoms with Crippen LogP contribution in [0.3, 0.4) is 0 Å². The van der Waals surface area contributed by atoms with E-state index in [1.165, 1.54) is 6.42 Å². The molecule has 5 nitrogen and oxygen atoms in total. The molecule has 0 bridgehead atoms. The van der Waals surface area contributed by atoms with Crippen molar-refractivity contribution in [3.8, 4) is 0 Å². The lowest BCUT2D eigenvalue weighted by atomic mass is 9.96. The van der Waals surface area contributed by atoms with Crippen molar-refractivity contribution in [3.05, 3.63) is 66.1 Å². The number of fused-ring (bicyclic) bond motifs is 1. The SMILES string of the molecule is CN(C)c1cccc(CC[C@@H]2CCCCN2C(=O)c2nccc3ccccc23)n1. The third kappa shape index (κ3) is 4.24. The Labute approximate surface area is 172 Å². The second-order valence-electron chi connectivity index (χ2n) is 7.95. The van der Waals surface area contributed by atoms with E-state index in [1.54, 1.807) is 6.20 Å². The van der Waals surface area contributed by atoms with E-state index in [2.05, 4.69) is 17.1 Å². The normalized spacial score (nSPS) is 16.8. The summed E-state index contributed by atoms with van der Waals surface area (Å²) < 4.78 is 0. The minimum atomic E-state index is 0.0569. The van der Waals surface area contributed by atoms with Crippen molar-refractivity contribution in [3.63, 3.8) is 0 Å². The first-order valence-electron chi connectivity index (χ1n) is 10.4. The highest BCUT2D eigenvalue weighted by Gasteiger charge is 2.29. The number of hydrogen-bond donors (Lipinski definition) is 0. The molecule has 0 unspecified atom stereocenters. The lowest BCUT2D eigenvalue weighted by molar-refractivity contribution is 0.0598. The monoisotopic (exact) mass is 388 g/mol. The van der Waals surface area contributed by atoms with Gasteiger partial charge in [-0.25, -0.2) is 4.98 Å². The number of benzene rings is 1. The molecule has 0 N–H and O–H groups in total. The molecule has 3 aromatic rings. The number of carbonyl (C=O) groups excluding carboxylic acids is 1. The van der Waals surface area contributed by atoms with Gasteiger partial charge in [0, 0.05) is 44.0 Å². The number of piperidine rings is 1. The van der Waals surface area contributed by atoms with Gasteiger partial charge in [0.25, 0.3) is 5.91 Å². The van der Waals surface area contributed by atoms with Crippen molar-refractivity contribution in [2.24, 2.45) is 0 Å². The van der Waals surface area contributed by atoms with E-state index in [-0.39, 0.29) is 11.9 Å². The maximum absolute atomic E-state index is 13.4. The van der Waals surface area contributed by atoms with Crippen LogP contribution >= 0.6 is 0 Å². The Morgan fingerprint density at radius 2 is 1.97 bits per heavy atom. The summed E-state index contributed by atoms with van der Waals surface area (Å²) in [6, 6.07) is 16.3. The summed E-state index contributed by atoms with van der Waals surface area (Å²) >= 11 is 0. The first kappa shape index (κ1) is 19.4. The van der Waals surface area contributed by atoms with E-state index >= 15 is 0 Å². The Kier molecular flexibility index (Phi) is 5.74. The molecule has 0 saturated carbocycles. The van der Waals surface area contributed by atoms with Gasteiger partial charge in [0.2, 0.25) is 0 Å². The zero-order valence-electron chi connectivity index (χ0n) is 17.2. The van der Waals surface area contributed by atoms with Crippen LogP contribution in [0.25, 0.3) is 10.8 Å². The van der Waals surface area contributed by atoms with Gasteiger partial charge in [0.1, 0.15) is 11.5 Å². The number of carbonyl (C=O) groups is 1. The maximum atomic E-state index is 13.4. The van der Waals surface area contributed by atoms with Gasteiger partial charge in [0.15, 0.2) is 0 Å². The average Bonchev–Trinajstić information content (AvgIpc) is 2.77. The molecule has 1 aliphatic rings. The molecule has 29 heavy (non-hydrogen) atoms. The third-order valence-corrected chi connectivity index (χ3v) is 5.75. The van der Waals surface area contributed by atoms with Crippen molar-refractivity contribution in [2.75, 3.05) is 25.5 Å². The first-order valence-corrected chi connectivity index (χ1v) is 10.4. The smallest absolute Gasteiger partial charge is 0.273 e. The van der Waals surface area contributed by atoms with E-state index in [1.807, 2.05) is 60.3 Å². The predicted molar refractivity (Wildman–Crippen MR) is 117 cm³/mol. The highest BCUT2D eigenvalue weighted by Crippen LogP contribution is 2.25. The van der Waals surface area contributed by atoms with Gasteiger partial charge in [-0.1, -0.05) is 30.3 Å². The van der Waals surface area contributed by atoms with Gasteiger partial charge in [-0.05, 0) is 55.7 Å². The zero-order valence-corrected chi connectivity index (χ0v) is 17.2. The first-order chi connectivity index (χ1) is 14.1.